The number of aromatic nitrogens is 8. The van der Waals surface area contributed by atoms with Gasteiger partial charge in [-0.2, -0.15) is 0 Å². The summed E-state index contributed by atoms with van der Waals surface area (Å²) in [6, 6.07) is 15.6. The third kappa shape index (κ3) is 3.20. The zero-order valence-corrected chi connectivity index (χ0v) is 18.6. The maximum Gasteiger partial charge on any atom is 0.178 e. The first-order valence-electron chi connectivity index (χ1n) is 9.80. The molecule has 0 radical (unpaired) electrons. The van der Waals surface area contributed by atoms with Crippen LogP contribution in [0.25, 0.3) is 53.5 Å². The first-order valence-corrected chi connectivity index (χ1v) is 11.4. The highest BCUT2D eigenvalue weighted by molar-refractivity contribution is 7.24. The normalized spacial score (nSPS) is 11.4. The molecule has 6 aromatic rings. The highest BCUT2D eigenvalue weighted by Crippen LogP contribution is 2.35. The minimum atomic E-state index is 0.685. The second-order valence-corrected chi connectivity index (χ2v) is 9.07. The lowest BCUT2D eigenvalue weighted by Gasteiger charge is -2.03. The second-order valence-electron chi connectivity index (χ2n) is 7.12. The third-order valence-electron chi connectivity index (χ3n) is 4.93. The van der Waals surface area contributed by atoms with E-state index in [1.165, 1.54) is 22.7 Å². The molecular weight excluding hydrogens is 440 g/mol. The summed E-state index contributed by atoms with van der Waals surface area (Å²) in [6.45, 7) is 3.86. The number of rotatable bonds is 3. The van der Waals surface area contributed by atoms with Gasteiger partial charge >= 0.3 is 0 Å². The van der Waals surface area contributed by atoms with Crippen LogP contribution in [-0.2, 0) is 0 Å². The second kappa shape index (κ2) is 7.43. The van der Waals surface area contributed by atoms with Crippen LogP contribution in [0.2, 0.25) is 0 Å². The zero-order valence-electron chi connectivity index (χ0n) is 17.0. The Hall–Kier alpha value is -3.76. The van der Waals surface area contributed by atoms with E-state index in [0.717, 1.165) is 44.8 Å². The first kappa shape index (κ1) is 19.0. The maximum atomic E-state index is 4.74. The molecule has 0 fully saturated rings. The monoisotopic (exact) mass is 454 g/mol. The van der Waals surface area contributed by atoms with E-state index < -0.39 is 0 Å². The Labute approximate surface area is 190 Å². The number of benzene rings is 2. The van der Waals surface area contributed by atoms with Crippen LogP contribution in [0.15, 0.2) is 48.5 Å². The van der Waals surface area contributed by atoms with Crippen molar-refractivity contribution in [2.75, 3.05) is 0 Å². The lowest BCUT2D eigenvalue weighted by Crippen LogP contribution is -1.93. The largest absolute Gasteiger partial charge is 0.249 e. The molecule has 0 bridgehead atoms. The highest BCUT2D eigenvalue weighted by atomic mass is 32.1. The van der Waals surface area contributed by atoms with Gasteiger partial charge in [0.1, 0.15) is 11.4 Å². The third-order valence-corrected chi connectivity index (χ3v) is 6.93. The number of nitrogens with zero attached hydrogens (tertiary/aromatic N) is 8. The smallest absolute Gasteiger partial charge is 0.178 e. The zero-order chi connectivity index (χ0) is 21.7. The van der Waals surface area contributed by atoms with Crippen LogP contribution in [0.3, 0.4) is 0 Å². The van der Waals surface area contributed by atoms with Crippen molar-refractivity contribution in [3.05, 3.63) is 59.9 Å². The summed E-state index contributed by atoms with van der Waals surface area (Å²) >= 11 is 2.85. The fraction of sp³-hybridized carbons (Fsp3) is 0.0909. The molecule has 32 heavy (non-hydrogen) atoms. The molecule has 0 aliphatic heterocycles. The van der Waals surface area contributed by atoms with E-state index in [-0.39, 0.29) is 0 Å². The summed E-state index contributed by atoms with van der Waals surface area (Å²) in [6.07, 6.45) is 0. The topological polar surface area (TPSA) is 103 Å². The minimum Gasteiger partial charge on any atom is -0.249 e. The van der Waals surface area contributed by atoms with Crippen LogP contribution in [-0.4, -0.2) is 40.3 Å². The molecule has 0 unspecified atom stereocenters. The van der Waals surface area contributed by atoms with Gasteiger partial charge in [-0.25, -0.2) is 19.9 Å². The Morgan fingerprint density at radius 2 is 0.812 bits per heavy atom. The van der Waals surface area contributed by atoms with E-state index >= 15 is 0 Å². The van der Waals surface area contributed by atoms with E-state index in [0.29, 0.717) is 20.0 Å². The lowest BCUT2D eigenvalue weighted by atomic mass is 10.2. The van der Waals surface area contributed by atoms with Gasteiger partial charge < -0.3 is 0 Å². The number of hydrogen-bond acceptors (Lipinski definition) is 10. The van der Waals surface area contributed by atoms with E-state index in [4.69, 9.17) is 9.97 Å². The molecule has 0 aliphatic carbocycles. The fourth-order valence-corrected chi connectivity index (χ4v) is 5.17. The lowest BCUT2D eigenvalue weighted by molar-refractivity contribution is 1.05. The van der Waals surface area contributed by atoms with Gasteiger partial charge in [-0.05, 0) is 38.1 Å². The molecule has 10 heteroatoms. The molecule has 0 aliphatic rings. The first-order chi connectivity index (χ1) is 15.7. The van der Waals surface area contributed by atoms with E-state index in [1.54, 1.807) is 0 Å². The molecule has 8 nitrogen and oxygen atoms in total. The Morgan fingerprint density at radius 1 is 0.469 bits per heavy atom. The van der Waals surface area contributed by atoms with Gasteiger partial charge in [-0.1, -0.05) is 46.9 Å². The molecule has 0 saturated heterocycles. The summed E-state index contributed by atoms with van der Waals surface area (Å²) in [5.74, 6) is 0. The molecule has 2 aromatic carbocycles. The van der Waals surface area contributed by atoms with Gasteiger partial charge in [-0.15, -0.1) is 20.4 Å². The predicted molar refractivity (Wildman–Crippen MR) is 125 cm³/mol. The Bertz CT molecular complexity index is 1500. The summed E-state index contributed by atoms with van der Waals surface area (Å²) < 4.78 is 0. The van der Waals surface area contributed by atoms with Gasteiger partial charge in [0.2, 0.25) is 0 Å². The molecule has 6 rings (SSSR count). The van der Waals surface area contributed by atoms with E-state index in [1.807, 2.05) is 62.4 Å². The van der Waals surface area contributed by atoms with Crippen molar-refractivity contribution >= 4 is 44.7 Å². The quantitative estimate of drug-likeness (QED) is 0.372. The van der Waals surface area contributed by atoms with Crippen molar-refractivity contribution in [3.8, 4) is 31.4 Å². The molecule has 0 spiro atoms. The number of fused-ring (bicyclic) bond motifs is 2. The van der Waals surface area contributed by atoms with Crippen molar-refractivity contribution in [2.24, 2.45) is 0 Å². The van der Waals surface area contributed by atoms with Gasteiger partial charge in [0.05, 0.1) is 33.5 Å². The number of para-hydroxylation sites is 4. The van der Waals surface area contributed by atoms with Gasteiger partial charge in [-0.3, -0.25) is 0 Å². The standard InChI is InChI=1S/C22H14N8S2/c1-11-17(25-15-9-5-3-7-13(15)23-11)19-27-29-21(31-19)22-30-28-20(32-22)18-12(2)24-14-8-4-6-10-16(14)26-18/h3-10H,1-2H3. The SMILES string of the molecule is Cc1nc2ccccc2nc1-c1nnc(-c2nnc(-c3nc4ccccc4nc3C)s2)s1. The highest BCUT2D eigenvalue weighted by Gasteiger charge is 2.19. The summed E-state index contributed by atoms with van der Waals surface area (Å²) in [5, 5.41) is 20.1. The van der Waals surface area contributed by atoms with Crippen LogP contribution in [0, 0.1) is 13.8 Å². The van der Waals surface area contributed by atoms with E-state index in [2.05, 4.69) is 30.4 Å². The van der Waals surface area contributed by atoms with Crippen LogP contribution >= 0.6 is 22.7 Å². The van der Waals surface area contributed by atoms with Crippen LogP contribution in [0.4, 0.5) is 0 Å². The molecular formula is C22H14N8S2. The van der Waals surface area contributed by atoms with Crippen molar-refractivity contribution in [1.82, 2.24) is 40.3 Å². The molecule has 154 valence electrons. The number of hydrogen-bond donors (Lipinski definition) is 0. The Morgan fingerprint density at radius 3 is 1.22 bits per heavy atom. The summed E-state index contributed by atoms with van der Waals surface area (Å²) in [4.78, 5) is 18.8. The average Bonchev–Trinajstić information content (AvgIpc) is 3.48. The van der Waals surface area contributed by atoms with Gasteiger partial charge in [0, 0.05) is 0 Å². The molecule has 0 atom stereocenters. The summed E-state index contributed by atoms with van der Waals surface area (Å²) in [7, 11) is 0. The molecule has 4 aromatic heterocycles. The number of aryl methyl sites for hydroxylation is 2. The summed E-state index contributed by atoms with van der Waals surface area (Å²) in [5.41, 5.74) is 6.46. The van der Waals surface area contributed by atoms with Crippen LogP contribution in [0.1, 0.15) is 11.4 Å². The molecule has 0 amide bonds. The molecule has 0 saturated carbocycles. The van der Waals surface area contributed by atoms with E-state index in [9.17, 15) is 0 Å². The van der Waals surface area contributed by atoms with Gasteiger partial charge in [0.15, 0.2) is 20.0 Å². The van der Waals surface area contributed by atoms with Gasteiger partial charge in [0.25, 0.3) is 0 Å². The predicted octanol–water partition coefficient (Wildman–Crippen LogP) is 4.89. The van der Waals surface area contributed by atoms with Crippen LogP contribution in [0.5, 0.6) is 0 Å². The van der Waals surface area contributed by atoms with Crippen molar-refractivity contribution in [2.45, 2.75) is 13.8 Å². The molecule has 4 heterocycles. The average molecular weight is 455 g/mol. The Balaban J connectivity index is 1.37. The molecule has 0 N–H and O–H groups in total. The van der Waals surface area contributed by atoms with Crippen LogP contribution < -0.4 is 0 Å². The fourth-order valence-electron chi connectivity index (χ4n) is 3.39. The maximum absolute atomic E-state index is 4.74. The van der Waals surface area contributed by atoms with Crippen molar-refractivity contribution in [1.29, 1.82) is 0 Å². The Kier molecular flexibility index (Phi) is 4.40. The van der Waals surface area contributed by atoms with Crippen molar-refractivity contribution in [3.63, 3.8) is 0 Å². The van der Waals surface area contributed by atoms with Crippen molar-refractivity contribution < 1.29 is 0 Å². The minimum absolute atomic E-state index is 0.685.